The molecule has 0 bridgehead atoms. The third-order valence-corrected chi connectivity index (χ3v) is 3.06. The fourth-order valence-corrected chi connectivity index (χ4v) is 2.17. The first-order chi connectivity index (χ1) is 7.33. The van der Waals surface area contributed by atoms with E-state index in [4.69, 9.17) is 0 Å². The molecule has 1 unspecified atom stereocenters. The molecule has 0 aromatic carbocycles. The molecule has 4 heteroatoms. The SMILES string of the molecule is CC1CCc2nc(-c3cn[nH]c3)[nH]c2C1. The van der Waals surface area contributed by atoms with E-state index in [1.54, 1.807) is 6.20 Å². The zero-order valence-electron chi connectivity index (χ0n) is 8.75. The van der Waals surface area contributed by atoms with Crippen LogP contribution in [0.2, 0.25) is 0 Å². The lowest BCUT2D eigenvalue weighted by Gasteiger charge is -2.15. The van der Waals surface area contributed by atoms with Crippen molar-refractivity contribution in [2.75, 3.05) is 0 Å². The van der Waals surface area contributed by atoms with Gasteiger partial charge in [-0.25, -0.2) is 4.98 Å². The number of fused-ring (bicyclic) bond motifs is 1. The van der Waals surface area contributed by atoms with Gasteiger partial charge in [0.15, 0.2) is 0 Å². The number of aromatic nitrogens is 4. The molecule has 2 N–H and O–H groups in total. The largest absolute Gasteiger partial charge is 0.342 e. The van der Waals surface area contributed by atoms with Crippen molar-refractivity contribution in [1.29, 1.82) is 0 Å². The third-order valence-electron chi connectivity index (χ3n) is 3.06. The van der Waals surface area contributed by atoms with Crippen molar-refractivity contribution < 1.29 is 0 Å². The molecule has 0 fully saturated rings. The van der Waals surface area contributed by atoms with Gasteiger partial charge in [0, 0.05) is 11.9 Å². The smallest absolute Gasteiger partial charge is 0.140 e. The molecule has 0 amide bonds. The van der Waals surface area contributed by atoms with Gasteiger partial charge >= 0.3 is 0 Å². The van der Waals surface area contributed by atoms with Gasteiger partial charge in [0.25, 0.3) is 0 Å². The highest BCUT2D eigenvalue weighted by Gasteiger charge is 2.19. The van der Waals surface area contributed by atoms with Crippen molar-refractivity contribution in [3.8, 4) is 11.4 Å². The number of H-pyrrole nitrogens is 2. The Kier molecular flexibility index (Phi) is 1.87. The Morgan fingerprint density at radius 3 is 3.20 bits per heavy atom. The van der Waals surface area contributed by atoms with E-state index in [0.29, 0.717) is 0 Å². The molecule has 15 heavy (non-hydrogen) atoms. The molecule has 2 aromatic heterocycles. The maximum atomic E-state index is 4.61. The second-order valence-corrected chi connectivity index (χ2v) is 4.35. The predicted molar refractivity (Wildman–Crippen MR) is 57.4 cm³/mol. The summed E-state index contributed by atoms with van der Waals surface area (Å²) < 4.78 is 0. The maximum Gasteiger partial charge on any atom is 0.140 e. The van der Waals surface area contributed by atoms with E-state index >= 15 is 0 Å². The highest BCUT2D eigenvalue weighted by Crippen LogP contribution is 2.26. The van der Waals surface area contributed by atoms with Gasteiger partial charge in [-0.15, -0.1) is 0 Å². The first-order valence-electron chi connectivity index (χ1n) is 5.40. The Morgan fingerprint density at radius 1 is 1.47 bits per heavy atom. The second-order valence-electron chi connectivity index (χ2n) is 4.35. The van der Waals surface area contributed by atoms with Crippen LogP contribution >= 0.6 is 0 Å². The van der Waals surface area contributed by atoms with Crippen LogP contribution in [-0.4, -0.2) is 20.2 Å². The Bertz CT molecular complexity index is 455. The van der Waals surface area contributed by atoms with Crippen LogP contribution in [0.3, 0.4) is 0 Å². The molecule has 1 aliphatic rings. The molecular weight excluding hydrogens is 188 g/mol. The molecule has 1 atom stereocenters. The number of aromatic amines is 2. The van der Waals surface area contributed by atoms with Crippen LogP contribution in [0.1, 0.15) is 24.7 Å². The minimum absolute atomic E-state index is 0.773. The molecule has 0 aliphatic heterocycles. The van der Waals surface area contributed by atoms with E-state index in [1.165, 1.54) is 17.8 Å². The Labute approximate surface area is 88.1 Å². The van der Waals surface area contributed by atoms with Gasteiger partial charge in [-0.2, -0.15) is 5.10 Å². The summed E-state index contributed by atoms with van der Waals surface area (Å²) in [5.41, 5.74) is 3.59. The first kappa shape index (κ1) is 8.71. The van der Waals surface area contributed by atoms with Crippen LogP contribution < -0.4 is 0 Å². The summed E-state index contributed by atoms with van der Waals surface area (Å²) in [5, 5.41) is 6.74. The summed E-state index contributed by atoms with van der Waals surface area (Å²) in [6.07, 6.45) is 7.15. The summed E-state index contributed by atoms with van der Waals surface area (Å²) in [6.45, 7) is 2.29. The molecule has 2 aromatic rings. The van der Waals surface area contributed by atoms with Crippen LogP contribution in [0.15, 0.2) is 12.4 Å². The van der Waals surface area contributed by atoms with Gasteiger partial charge in [0.2, 0.25) is 0 Å². The molecule has 0 radical (unpaired) electrons. The highest BCUT2D eigenvalue weighted by atomic mass is 15.1. The summed E-state index contributed by atoms with van der Waals surface area (Å²) in [7, 11) is 0. The van der Waals surface area contributed by atoms with Crippen LogP contribution in [-0.2, 0) is 12.8 Å². The van der Waals surface area contributed by atoms with E-state index in [1.807, 2.05) is 6.20 Å². The minimum Gasteiger partial charge on any atom is -0.342 e. The van der Waals surface area contributed by atoms with Gasteiger partial charge in [0.05, 0.1) is 17.5 Å². The molecule has 0 spiro atoms. The molecule has 4 nitrogen and oxygen atoms in total. The Hall–Kier alpha value is -1.58. The average molecular weight is 202 g/mol. The number of nitrogens with one attached hydrogen (secondary N) is 2. The number of nitrogens with zero attached hydrogens (tertiary/aromatic N) is 2. The quantitative estimate of drug-likeness (QED) is 0.742. The standard InChI is InChI=1S/C11H14N4/c1-7-2-3-9-10(4-7)15-11(14-9)8-5-12-13-6-8/h5-7H,2-4H2,1H3,(H,12,13)(H,14,15). The Balaban J connectivity index is 2.00. The molecule has 2 heterocycles. The lowest BCUT2D eigenvalue weighted by atomic mass is 9.92. The lowest BCUT2D eigenvalue weighted by molar-refractivity contribution is 0.492. The van der Waals surface area contributed by atoms with Crippen molar-refractivity contribution in [1.82, 2.24) is 20.2 Å². The van der Waals surface area contributed by atoms with E-state index in [0.717, 1.165) is 30.1 Å². The van der Waals surface area contributed by atoms with Crippen molar-refractivity contribution in [2.45, 2.75) is 26.2 Å². The molecule has 78 valence electrons. The highest BCUT2D eigenvalue weighted by molar-refractivity contribution is 5.53. The van der Waals surface area contributed by atoms with Gasteiger partial charge < -0.3 is 4.98 Å². The number of hydrogen-bond donors (Lipinski definition) is 2. The summed E-state index contributed by atoms with van der Waals surface area (Å²) >= 11 is 0. The lowest BCUT2D eigenvalue weighted by Crippen LogP contribution is -2.10. The van der Waals surface area contributed by atoms with Gasteiger partial charge in [-0.1, -0.05) is 6.92 Å². The molecule has 3 rings (SSSR count). The minimum atomic E-state index is 0.773. The maximum absolute atomic E-state index is 4.61. The van der Waals surface area contributed by atoms with Crippen molar-refractivity contribution >= 4 is 0 Å². The summed E-state index contributed by atoms with van der Waals surface area (Å²) in [6, 6.07) is 0. The van der Waals surface area contributed by atoms with Crippen molar-refractivity contribution in [3.05, 3.63) is 23.8 Å². The number of hydrogen-bond acceptors (Lipinski definition) is 2. The van der Waals surface area contributed by atoms with E-state index < -0.39 is 0 Å². The van der Waals surface area contributed by atoms with Crippen LogP contribution in [0, 0.1) is 5.92 Å². The zero-order valence-corrected chi connectivity index (χ0v) is 8.75. The van der Waals surface area contributed by atoms with E-state index in [2.05, 4.69) is 27.1 Å². The molecule has 0 saturated carbocycles. The van der Waals surface area contributed by atoms with E-state index in [9.17, 15) is 0 Å². The summed E-state index contributed by atoms with van der Waals surface area (Å²) in [4.78, 5) is 8.01. The number of rotatable bonds is 1. The van der Waals surface area contributed by atoms with Gasteiger partial charge in [0.1, 0.15) is 5.82 Å². The number of aryl methyl sites for hydroxylation is 1. The molecular formula is C11H14N4. The fraction of sp³-hybridized carbons (Fsp3) is 0.455. The third kappa shape index (κ3) is 1.46. The van der Waals surface area contributed by atoms with E-state index in [-0.39, 0.29) is 0 Å². The van der Waals surface area contributed by atoms with Gasteiger partial charge in [-0.3, -0.25) is 5.10 Å². The molecule has 0 saturated heterocycles. The van der Waals surface area contributed by atoms with Crippen molar-refractivity contribution in [2.24, 2.45) is 5.92 Å². The average Bonchev–Trinajstić information content (AvgIpc) is 2.84. The normalized spacial score (nSPS) is 20.2. The van der Waals surface area contributed by atoms with Crippen LogP contribution in [0.4, 0.5) is 0 Å². The zero-order chi connectivity index (χ0) is 10.3. The van der Waals surface area contributed by atoms with Crippen LogP contribution in [0.5, 0.6) is 0 Å². The predicted octanol–water partition coefficient (Wildman–Crippen LogP) is 1.92. The van der Waals surface area contributed by atoms with Crippen LogP contribution in [0.25, 0.3) is 11.4 Å². The number of imidazole rings is 1. The summed E-state index contributed by atoms with van der Waals surface area (Å²) in [5.74, 6) is 1.72. The fourth-order valence-electron chi connectivity index (χ4n) is 2.17. The Morgan fingerprint density at radius 2 is 2.40 bits per heavy atom. The molecule has 1 aliphatic carbocycles. The monoisotopic (exact) mass is 202 g/mol. The van der Waals surface area contributed by atoms with Crippen molar-refractivity contribution in [3.63, 3.8) is 0 Å². The first-order valence-corrected chi connectivity index (χ1v) is 5.40. The topological polar surface area (TPSA) is 57.4 Å². The van der Waals surface area contributed by atoms with Gasteiger partial charge in [-0.05, 0) is 25.2 Å². The second kappa shape index (κ2) is 3.22.